The van der Waals surface area contributed by atoms with Crippen LogP contribution in [0.1, 0.15) is 63.8 Å². The second kappa shape index (κ2) is 14.3. The number of furan rings is 2. The lowest BCUT2D eigenvalue weighted by Crippen LogP contribution is -2.17. The normalized spacial score (nSPS) is 12.2. The number of nitrogens with zero attached hydrogens (tertiary/aromatic N) is 2. The van der Waals surface area contributed by atoms with Gasteiger partial charge in [-0.1, -0.05) is 126 Å². The first-order chi connectivity index (χ1) is 30.8. The molecule has 0 amide bonds. The average molecular weight is 825 g/mol. The van der Waals surface area contributed by atoms with Gasteiger partial charge < -0.3 is 8.83 Å². The van der Waals surface area contributed by atoms with Crippen molar-refractivity contribution >= 4 is 65.4 Å². The fourth-order valence-corrected chi connectivity index (χ4v) is 9.97. The van der Waals surface area contributed by atoms with Gasteiger partial charge in [-0.05, 0) is 161 Å². The van der Waals surface area contributed by atoms with E-state index in [9.17, 15) is 10.5 Å². The maximum Gasteiger partial charge on any atom is 0.135 e. The third-order valence-corrected chi connectivity index (χ3v) is 12.9. The predicted molar refractivity (Wildman–Crippen MR) is 265 cm³/mol. The van der Waals surface area contributed by atoms with Crippen LogP contribution in [0.25, 0.3) is 110 Å². The number of hydrogen-bond donors (Lipinski definition) is 0. The van der Waals surface area contributed by atoms with Crippen molar-refractivity contribution in [1.82, 2.24) is 0 Å². The molecule has 0 saturated carbocycles. The second-order valence-corrected chi connectivity index (χ2v) is 19.2. The molecule has 0 spiro atoms. The smallest absolute Gasteiger partial charge is 0.135 e. The van der Waals surface area contributed by atoms with E-state index in [4.69, 9.17) is 8.83 Å². The fraction of sp³-hybridized carbons (Fsp3) is 0.133. The van der Waals surface area contributed by atoms with Crippen LogP contribution in [-0.4, -0.2) is 0 Å². The zero-order valence-corrected chi connectivity index (χ0v) is 36.7. The van der Waals surface area contributed by atoms with Gasteiger partial charge in [0.15, 0.2) is 0 Å². The molecule has 0 radical (unpaired) electrons. The number of nitriles is 2. The maximum atomic E-state index is 9.51. The summed E-state index contributed by atoms with van der Waals surface area (Å²) < 4.78 is 12.2. The summed E-state index contributed by atoms with van der Waals surface area (Å²) in [6, 6.07) is 60.1. The van der Waals surface area contributed by atoms with E-state index >= 15 is 0 Å². The highest BCUT2D eigenvalue weighted by molar-refractivity contribution is 6.10. The molecule has 0 bridgehead atoms. The molecule has 11 aromatic rings. The Kier molecular flexibility index (Phi) is 8.72. The topological polar surface area (TPSA) is 73.9 Å². The molecule has 0 atom stereocenters. The van der Waals surface area contributed by atoms with Crippen LogP contribution < -0.4 is 0 Å². The van der Waals surface area contributed by atoms with Crippen LogP contribution in [0.15, 0.2) is 167 Å². The highest BCUT2D eigenvalue weighted by Crippen LogP contribution is 2.46. The Morgan fingerprint density at radius 2 is 0.562 bits per heavy atom. The molecule has 0 aliphatic rings. The van der Waals surface area contributed by atoms with E-state index in [1.807, 2.05) is 36.4 Å². The minimum Gasteiger partial charge on any atom is -0.456 e. The highest BCUT2D eigenvalue weighted by atomic mass is 16.3. The zero-order chi connectivity index (χ0) is 44.1. The van der Waals surface area contributed by atoms with Crippen molar-refractivity contribution in [3.8, 4) is 56.6 Å². The molecule has 9 aromatic carbocycles. The summed E-state index contributed by atoms with van der Waals surface area (Å²) in [7, 11) is 0. The van der Waals surface area contributed by atoms with Crippen molar-refractivity contribution in [2.24, 2.45) is 0 Å². The van der Waals surface area contributed by atoms with Gasteiger partial charge in [-0.3, -0.25) is 0 Å². The monoisotopic (exact) mass is 824 g/mol. The molecule has 0 aliphatic carbocycles. The first kappa shape index (κ1) is 39.0. The Morgan fingerprint density at radius 3 is 0.875 bits per heavy atom. The van der Waals surface area contributed by atoms with E-state index in [1.54, 1.807) is 12.1 Å². The number of rotatable bonds is 4. The van der Waals surface area contributed by atoms with Crippen molar-refractivity contribution in [3.05, 3.63) is 180 Å². The lowest BCUT2D eigenvalue weighted by Gasteiger charge is -2.31. The van der Waals surface area contributed by atoms with E-state index in [0.717, 1.165) is 66.1 Å². The Hall–Kier alpha value is -7.92. The molecule has 4 heteroatoms. The molecular formula is C60H44N2O2. The summed E-state index contributed by atoms with van der Waals surface area (Å²) in [5.74, 6) is 0. The van der Waals surface area contributed by atoms with Crippen LogP contribution in [0.2, 0.25) is 0 Å². The average Bonchev–Trinajstić information content (AvgIpc) is 3.86. The third-order valence-electron chi connectivity index (χ3n) is 12.9. The van der Waals surface area contributed by atoms with Gasteiger partial charge in [0, 0.05) is 21.5 Å². The summed E-state index contributed by atoms with van der Waals surface area (Å²) >= 11 is 0. The largest absolute Gasteiger partial charge is 0.456 e. The minimum atomic E-state index is -0.125. The number of fused-ring (bicyclic) bond motifs is 8. The van der Waals surface area contributed by atoms with Gasteiger partial charge in [-0.25, -0.2) is 0 Å². The van der Waals surface area contributed by atoms with Gasteiger partial charge in [0.2, 0.25) is 0 Å². The molecule has 0 aliphatic heterocycles. The SMILES string of the molecule is CC(C)(C)c1c2ccc(-c3ccc(-c4ccc5oc6ccc(C#N)cc6c5c4)cc3)cc2c(C(C)(C)C)c2ccc(-c3ccc(-c4ccc5oc6ccc(C#N)cc6c5c4)cc3)cc12. The van der Waals surface area contributed by atoms with Gasteiger partial charge in [0.05, 0.1) is 23.3 Å². The summed E-state index contributed by atoms with van der Waals surface area (Å²) in [6.07, 6.45) is 0. The molecule has 2 aromatic heterocycles. The van der Waals surface area contributed by atoms with E-state index in [0.29, 0.717) is 11.1 Å². The number of benzene rings is 9. The van der Waals surface area contributed by atoms with E-state index in [1.165, 1.54) is 54.9 Å². The van der Waals surface area contributed by atoms with E-state index < -0.39 is 0 Å². The van der Waals surface area contributed by atoms with Crippen molar-refractivity contribution in [3.63, 3.8) is 0 Å². The Balaban J connectivity index is 0.971. The Labute approximate surface area is 372 Å². The summed E-state index contributed by atoms with van der Waals surface area (Å²) in [6.45, 7) is 14.0. The van der Waals surface area contributed by atoms with Gasteiger partial charge in [0.25, 0.3) is 0 Å². The molecule has 64 heavy (non-hydrogen) atoms. The van der Waals surface area contributed by atoms with Crippen molar-refractivity contribution in [2.45, 2.75) is 52.4 Å². The molecule has 0 saturated heterocycles. The molecule has 0 fully saturated rings. The molecule has 2 heterocycles. The molecule has 306 valence electrons. The summed E-state index contributed by atoms with van der Waals surface area (Å²) in [5.41, 5.74) is 16.1. The first-order valence-electron chi connectivity index (χ1n) is 21.8. The Bertz CT molecular complexity index is 3540. The van der Waals surface area contributed by atoms with Crippen LogP contribution in [0, 0.1) is 22.7 Å². The van der Waals surface area contributed by atoms with Gasteiger partial charge in [-0.2, -0.15) is 10.5 Å². The Morgan fingerprint density at radius 1 is 0.297 bits per heavy atom. The van der Waals surface area contributed by atoms with Crippen molar-refractivity contribution < 1.29 is 8.83 Å². The second-order valence-electron chi connectivity index (χ2n) is 19.2. The van der Waals surface area contributed by atoms with Gasteiger partial charge >= 0.3 is 0 Å². The molecular weight excluding hydrogens is 781 g/mol. The van der Waals surface area contributed by atoms with Crippen LogP contribution >= 0.6 is 0 Å². The van der Waals surface area contributed by atoms with Gasteiger partial charge in [-0.15, -0.1) is 0 Å². The van der Waals surface area contributed by atoms with E-state index in [-0.39, 0.29) is 10.8 Å². The maximum absolute atomic E-state index is 9.51. The van der Waals surface area contributed by atoms with Crippen LogP contribution in [0.3, 0.4) is 0 Å². The fourth-order valence-electron chi connectivity index (χ4n) is 9.97. The number of hydrogen-bond acceptors (Lipinski definition) is 4. The van der Waals surface area contributed by atoms with Crippen molar-refractivity contribution in [2.75, 3.05) is 0 Å². The summed E-state index contributed by atoms with van der Waals surface area (Å²) in [4.78, 5) is 0. The summed E-state index contributed by atoms with van der Waals surface area (Å²) in [5, 5.41) is 28.1. The first-order valence-corrected chi connectivity index (χ1v) is 21.8. The van der Waals surface area contributed by atoms with Crippen LogP contribution in [0.5, 0.6) is 0 Å². The highest BCUT2D eigenvalue weighted by Gasteiger charge is 2.28. The van der Waals surface area contributed by atoms with Gasteiger partial charge in [0.1, 0.15) is 22.3 Å². The molecule has 0 unspecified atom stereocenters. The molecule has 0 N–H and O–H groups in total. The minimum absolute atomic E-state index is 0.125. The zero-order valence-electron chi connectivity index (χ0n) is 36.7. The quantitative estimate of drug-likeness (QED) is 0.166. The molecule has 11 rings (SSSR count). The van der Waals surface area contributed by atoms with Crippen LogP contribution in [0.4, 0.5) is 0 Å². The predicted octanol–water partition coefficient (Wildman–Crippen LogP) is 16.8. The lowest BCUT2D eigenvalue weighted by atomic mass is 9.73. The lowest BCUT2D eigenvalue weighted by molar-refractivity contribution is 0.593. The molecule has 4 nitrogen and oxygen atoms in total. The van der Waals surface area contributed by atoms with E-state index in [2.05, 4.69) is 163 Å². The van der Waals surface area contributed by atoms with Crippen molar-refractivity contribution in [1.29, 1.82) is 10.5 Å². The third kappa shape index (κ3) is 6.42. The standard InChI is InChI=1S/C60H44N2O2/c1-59(2,3)57-45-21-17-42(38-11-15-40(16-12-38)44-20-26-56-50(30-44)48-28-36(34-62)8-24-54(48)64-56)32-52(45)58(60(4,5)6)46-22-18-41(31-51(46)57)37-9-13-39(14-10-37)43-19-25-55-49(29-43)47-27-35(33-61)7-23-53(47)63-55/h7-32H,1-6H3. The van der Waals surface area contributed by atoms with Crippen LogP contribution in [-0.2, 0) is 10.8 Å².